The van der Waals surface area contributed by atoms with Gasteiger partial charge in [-0.1, -0.05) is 65.7 Å². The maximum Gasteiger partial charge on any atom is 0.264 e. The third-order valence-corrected chi connectivity index (χ3v) is 6.43. The van der Waals surface area contributed by atoms with Crippen LogP contribution in [0, 0.1) is 0 Å². The first-order valence-electron chi connectivity index (χ1n) is 11.3. The van der Waals surface area contributed by atoms with E-state index in [2.05, 4.69) is 32.8 Å². The number of carbonyl (C=O) groups excluding carboxylic acids is 1. The number of nitrogens with zero attached hydrogens (tertiary/aromatic N) is 3. The first-order chi connectivity index (χ1) is 17.5. The normalized spacial score (nSPS) is 16.5. The van der Waals surface area contributed by atoms with Crippen molar-refractivity contribution in [3.63, 3.8) is 0 Å². The number of fused-ring (bicyclic) bond motifs is 1. The summed E-state index contributed by atoms with van der Waals surface area (Å²) in [6, 6.07) is 22.8. The summed E-state index contributed by atoms with van der Waals surface area (Å²) in [4.78, 5) is 17.1. The highest BCUT2D eigenvalue weighted by atomic mass is 35.5. The Morgan fingerprint density at radius 2 is 1.86 bits per heavy atom. The maximum absolute atomic E-state index is 12.5. The van der Waals surface area contributed by atoms with Crippen molar-refractivity contribution in [1.82, 2.24) is 14.8 Å². The summed E-state index contributed by atoms with van der Waals surface area (Å²) in [5, 5.41) is 11.5. The van der Waals surface area contributed by atoms with Gasteiger partial charge in [0.2, 0.25) is 5.95 Å². The summed E-state index contributed by atoms with van der Waals surface area (Å²) in [7, 11) is 1.65. The number of nitrogens with one attached hydrogen (secondary N) is 2. The lowest BCUT2D eigenvalue weighted by Gasteiger charge is -2.31. The van der Waals surface area contributed by atoms with Crippen molar-refractivity contribution in [2.75, 3.05) is 24.4 Å². The van der Waals surface area contributed by atoms with Crippen molar-refractivity contribution in [3.8, 4) is 11.5 Å². The molecule has 0 spiro atoms. The first-order valence-corrected chi connectivity index (χ1v) is 12.1. The SMILES string of the molecule is COc1ccc(C2CC(c3ccccc3)n3nc(NC(=O)COc4ccc(Cl)cc4Cl)nc3N2)cc1. The Hall–Kier alpha value is -3.75. The highest BCUT2D eigenvalue weighted by molar-refractivity contribution is 6.35. The molecular formula is C26H23Cl2N5O3. The fourth-order valence-corrected chi connectivity index (χ4v) is 4.60. The van der Waals surface area contributed by atoms with Gasteiger partial charge in [-0.2, -0.15) is 4.98 Å². The number of aromatic nitrogens is 3. The number of carbonyl (C=O) groups is 1. The van der Waals surface area contributed by atoms with Crippen LogP contribution in [0.1, 0.15) is 29.6 Å². The van der Waals surface area contributed by atoms with Gasteiger partial charge in [-0.25, -0.2) is 4.68 Å². The third kappa shape index (κ3) is 5.24. The zero-order valence-electron chi connectivity index (χ0n) is 19.3. The van der Waals surface area contributed by atoms with Crippen molar-refractivity contribution < 1.29 is 14.3 Å². The molecule has 1 amide bonds. The van der Waals surface area contributed by atoms with E-state index in [9.17, 15) is 4.79 Å². The van der Waals surface area contributed by atoms with E-state index in [4.69, 9.17) is 32.7 Å². The molecule has 0 saturated carbocycles. The summed E-state index contributed by atoms with van der Waals surface area (Å²) in [5.74, 6) is 1.50. The Morgan fingerprint density at radius 1 is 1.08 bits per heavy atom. The van der Waals surface area contributed by atoms with Crippen LogP contribution >= 0.6 is 23.2 Å². The number of ether oxygens (including phenoxy) is 2. The van der Waals surface area contributed by atoms with Crippen LogP contribution in [0.5, 0.6) is 11.5 Å². The van der Waals surface area contributed by atoms with Crippen molar-refractivity contribution in [2.45, 2.75) is 18.5 Å². The van der Waals surface area contributed by atoms with E-state index in [1.54, 1.807) is 25.3 Å². The molecule has 1 aromatic heterocycles. The van der Waals surface area contributed by atoms with Crippen molar-refractivity contribution in [2.24, 2.45) is 0 Å². The van der Waals surface area contributed by atoms with Crippen molar-refractivity contribution in [1.29, 1.82) is 0 Å². The van der Waals surface area contributed by atoms with E-state index in [1.165, 1.54) is 0 Å². The average molecular weight is 524 g/mol. The highest BCUT2D eigenvalue weighted by Crippen LogP contribution is 2.38. The zero-order chi connectivity index (χ0) is 25.1. The number of benzene rings is 3. The molecule has 0 aliphatic carbocycles. The average Bonchev–Trinajstić information content (AvgIpc) is 3.30. The Morgan fingerprint density at radius 3 is 2.58 bits per heavy atom. The first kappa shape index (κ1) is 24.0. The van der Waals surface area contributed by atoms with Crippen LogP contribution in [0.25, 0.3) is 0 Å². The molecule has 1 aliphatic heterocycles. The van der Waals surface area contributed by atoms with Gasteiger partial charge in [-0.15, -0.1) is 5.10 Å². The van der Waals surface area contributed by atoms with E-state index in [-0.39, 0.29) is 24.6 Å². The number of amides is 1. The van der Waals surface area contributed by atoms with Gasteiger partial charge < -0.3 is 14.8 Å². The number of anilines is 2. The molecule has 0 fully saturated rings. The van der Waals surface area contributed by atoms with Crippen LogP contribution in [0.15, 0.2) is 72.8 Å². The molecule has 8 nitrogen and oxygen atoms in total. The molecule has 1 aliphatic rings. The third-order valence-electron chi connectivity index (χ3n) is 5.90. The lowest BCUT2D eigenvalue weighted by molar-refractivity contribution is -0.118. The van der Waals surface area contributed by atoms with Crippen LogP contribution in [0.2, 0.25) is 10.0 Å². The molecule has 4 aromatic rings. The van der Waals surface area contributed by atoms with Crippen LogP contribution in [-0.2, 0) is 4.79 Å². The topological polar surface area (TPSA) is 90.3 Å². The molecule has 36 heavy (non-hydrogen) atoms. The molecular weight excluding hydrogens is 501 g/mol. The molecule has 2 N–H and O–H groups in total. The standard InChI is InChI=1S/C26H23Cl2N5O3/c1-35-19-10-7-16(8-11-19)21-14-22(17-5-3-2-4-6-17)33-26(29-21)31-25(32-33)30-24(34)15-36-23-12-9-18(27)13-20(23)28/h2-13,21-22H,14-15H2,1H3,(H2,29,30,31,32,34). The predicted molar refractivity (Wildman–Crippen MR) is 139 cm³/mol. The van der Waals surface area contributed by atoms with E-state index >= 15 is 0 Å². The fourth-order valence-electron chi connectivity index (χ4n) is 4.13. The number of hydrogen-bond donors (Lipinski definition) is 2. The Kier molecular flexibility index (Phi) is 6.97. The zero-order valence-corrected chi connectivity index (χ0v) is 20.8. The lowest BCUT2D eigenvalue weighted by Crippen LogP contribution is -2.28. The van der Waals surface area contributed by atoms with Crippen LogP contribution < -0.4 is 20.1 Å². The second-order valence-corrected chi connectivity index (χ2v) is 9.09. The summed E-state index contributed by atoms with van der Waals surface area (Å²) in [6.45, 7) is -0.255. The molecule has 3 aromatic carbocycles. The highest BCUT2D eigenvalue weighted by Gasteiger charge is 2.31. The predicted octanol–water partition coefficient (Wildman–Crippen LogP) is 5.76. The van der Waals surface area contributed by atoms with E-state index < -0.39 is 5.91 Å². The Balaban J connectivity index is 1.35. The van der Waals surface area contributed by atoms with Crippen LogP contribution in [0.4, 0.5) is 11.9 Å². The van der Waals surface area contributed by atoms with Crippen LogP contribution in [-0.4, -0.2) is 34.4 Å². The minimum absolute atomic E-state index is 0.00302. The van der Waals surface area contributed by atoms with Gasteiger partial charge in [0.15, 0.2) is 6.61 Å². The van der Waals surface area contributed by atoms with E-state index in [0.717, 1.165) is 23.3 Å². The maximum atomic E-state index is 12.5. The quantitative estimate of drug-likeness (QED) is 0.320. The molecule has 2 heterocycles. The summed E-state index contributed by atoms with van der Waals surface area (Å²) >= 11 is 12.0. The Labute approximate surface area is 218 Å². The number of halogens is 2. The van der Waals surface area contributed by atoms with E-state index in [0.29, 0.717) is 21.7 Å². The minimum atomic E-state index is -0.410. The van der Waals surface area contributed by atoms with Gasteiger partial charge in [0, 0.05) is 5.02 Å². The largest absolute Gasteiger partial charge is 0.497 e. The monoisotopic (exact) mass is 523 g/mol. The van der Waals surface area contributed by atoms with Gasteiger partial charge in [-0.3, -0.25) is 10.1 Å². The van der Waals surface area contributed by atoms with Crippen LogP contribution in [0.3, 0.4) is 0 Å². The molecule has 2 atom stereocenters. The van der Waals surface area contributed by atoms with Crippen molar-refractivity contribution >= 4 is 41.0 Å². The van der Waals surface area contributed by atoms with Gasteiger partial charge in [0.05, 0.1) is 24.2 Å². The molecule has 184 valence electrons. The molecule has 10 heteroatoms. The number of methoxy groups -OCH3 is 1. The smallest absolute Gasteiger partial charge is 0.264 e. The minimum Gasteiger partial charge on any atom is -0.497 e. The lowest BCUT2D eigenvalue weighted by atomic mass is 9.93. The van der Waals surface area contributed by atoms with E-state index in [1.807, 2.05) is 47.1 Å². The summed E-state index contributed by atoms with van der Waals surface area (Å²) in [5.41, 5.74) is 2.20. The molecule has 2 unspecified atom stereocenters. The molecule has 0 radical (unpaired) electrons. The number of rotatable bonds is 7. The van der Waals surface area contributed by atoms with Gasteiger partial charge in [0.1, 0.15) is 11.5 Å². The Bertz CT molecular complexity index is 1360. The fraction of sp³-hybridized carbons (Fsp3) is 0.192. The number of hydrogen-bond acceptors (Lipinski definition) is 6. The van der Waals surface area contributed by atoms with Crippen molar-refractivity contribution in [3.05, 3.63) is 94.0 Å². The molecule has 0 saturated heterocycles. The van der Waals surface area contributed by atoms with Gasteiger partial charge in [0.25, 0.3) is 11.9 Å². The molecule has 5 rings (SSSR count). The van der Waals surface area contributed by atoms with Gasteiger partial charge in [-0.05, 0) is 47.9 Å². The van der Waals surface area contributed by atoms with Gasteiger partial charge >= 0.3 is 0 Å². The summed E-state index contributed by atoms with van der Waals surface area (Å²) < 4.78 is 12.6. The second kappa shape index (κ2) is 10.5. The summed E-state index contributed by atoms with van der Waals surface area (Å²) in [6.07, 6.45) is 0.748. The molecule has 0 bridgehead atoms. The second-order valence-electron chi connectivity index (χ2n) is 8.25.